The molecule has 2 heteroatoms. The summed E-state index contributed by atoms with van der Waals surface area (Å²) in [5.74, 6) is 0.704. The summed E-state index contributed by atoms with van der Waals surface area (Å²) in [4.78, 5) is 10.4. The second kappa shape index (κ2) is 14.8. The summed E-state index contributed by atoms with van der Waals surface area (Å²) >= 11 is 0. The van der Waals surface area contributed by atoms with Gasteiger partial charge in [0, 0.05) is 16.7 Å². The molecule has 0 fully saturated rings. The van der Waals surface area contributed by atoms with Gasteiger partial charge in [-0.1, -0.05) is 200 Å². The summed E-state index contributed by atoms with van der Waals surface area (Å²) in [6, 6.07) is 83.1. The van der Waals surface area contributed by atoms with Gasteiger partial charge in [0.05, 0.1) is 11.4 Å². The number of aromatic nitrogens is 2. The molecular weight excluding hydrogens is 749 g/mol. The quantitative estimate of drug-likeness (QED) is 0.124. The summed E-state index contributed by atoms with van der Waals surface area (Å²) in [7, 11) is 0. The van der Waals surface area contributed by atoms with Crippen LogP contribution in [-0.4, -0.2) is 9.97 Å². The molecule has 0 aliphatic rings. The molecule has 0 aliphatic carbocycles. The van der Waals surface area contributed by atoms with Gasteiger partial charge >= 0.3 is 0 Å². The zero-order chi connectivity index (χ0) is 41.0. The molecule has 0 radical (unpaired) electrons. The van der Waals surface area contributed by atoms with Crippen molar-refractivity contribution in [2.45, 2.75) is 0 Å². The van der Waals surface area contributed by atoms with Gasteiger partial charge in [-0.25, -0.2) is 9.97 Å². The van der Waals surface area contributed by atoms with E-state index < -0.39 is 0 Å². The fraction of sp³-hybridized carbons (Fsp3) is 0. The van der Waals surface area contributed by atoms with Crippen LogP contribution in [0.4, 0.5) is 0 Å². The third kappa shape index (κ3) is 6.29. The molecule has 0 saturated carbocycles. The average Bonchev–Trinajstić information content (AvgIpc) is 3.35. The normalized spacial score (nSPS) is 11.5. The minimum Gasteiger partial charge on any atom is -0.228 e. The molecule has 0 aliphatic heterocycles. The Morgan fingerprint density at radius 3 is 1.58 bits per heavy atom. The van der Waals surface area contributed by atoms with Gasteiger partial charge in [-0.15, -0.1) is 0 Å². The highest BCUT2D eigenvalue weighted by molar-refractivity contribution is 6.20. The van der Waals surface area contributed by atoms with Gasteiger partial charge in [0.25, 0.3) is 0 Å². The van der Waals surface area contributed by atoms with Crippen LogP contribution in [0.15, 0.2) is 231 Å². The van der Waals surface area contributed by atoms with Gasteiger partial charge in [-0.3, -0.25) is 0 Å². The molecule has 0 bridgehead atoms. The zero-order valence-corrected chi connectivity index (χ0v) is 33.8. The van der Waals surface area contributed by atoms with Crippen molar-refractivity contribution in [2.24, 2.45) is 0 Å². The molecule has 0 unspecified atom stereocenters. The Bertz CT molecular complexity index is 3680. The van der Waals surface area contributed by atoms with Crippen LogP contribution >= 0.6 is 0 Å². The fourth-order valence-electron chi connectivity index (χ4n) is 9.31. The Morgan fingerprint density at radius 1 is 0.226 bits per heavy atom. The summed E-state index contributed by atoms with van der Waals surface area (Å²) < 4.78 is 0. The third-order valence-corrected chi connectivity index (χ3v) is 12.4. The summed E-state index contributed by atoms with van der Waals surface area (Å²) in [5, 5.41) is 12.4. The molecule has 62 heavy (non-hydrogen) atoms. The molecule has 1 heterocycles. The van der Waals surface area contributed by atoms with E-state index in [9.17, 15) is 0 Å². The lowest BCUT2D eigenvalue weighted by atomic mass is 9.89. The first kappa shape index (κ1) is 35.7. The maximum Gasteiger partial charge on any atom is 0.160 e. The Hall–Kier alpha value is -8.20. The highest BCUT2D eigenvalue weighted by Crippen LogP contribution is 2.41. The van der Waals surface area contributed by atoms with E-state index >= 15 is 0 Å². The van der Waals surface area contributed by atoms with Crippen molar-refractivity contribution >= 4 is 53.9 Å². The van der Waals surface area contributed by atoms with Crippen LogP contribution in [0.2, 0.25) is 0 Å². The molecule has 12 aromatic rings. The number of hydrogen-bond acceptors (Lipinski definition) is 2. The second-order valence-corrected chi connectivity index (χ2v) is 16.1. The standard InChI is InChI=1S/C60H38N2/c1-2-14-43(15-3-1)60-61-57(38-58(62-60)54-21-11-10-19-52(54)49-30-24-39-12-4-5-16-44(39)35-49)50-31-29-46-34-45(27-28-47(46)36-50)40-22-25-42(26-23-40)59-53-20-9-7-17-48(53)37-56-51-18-8-6-13-41(51)32-33-55(56)59/h1-38H. The lowest BCUT2D eigenvalue weighted by molar-refractivity contribution is 1.18. The summed E-state index contributed by atoms with van der Waals surface area (Å²) in [6.07, 6.45) is 0. The van der Waals surface area contributed by atoms with Gasteiger partial charge in [-0.05, 0) is 118 Å². The lowest BCUT2D eigenvalue weighted by Crippen LogP contribution is -1.97. The second-order valence-electron chi connectivity index (χ2n) is 16.1. The van der Waals surface area contributed by atoms with E-state index in [1.165, 1.54) is 70.7 Å². The summed E-state index contributed by atoms with van der Waals surface area (Å²) in [5.41, 5.74) is 12.1. The molecule has 0 saturated heterocycles. The minimum atomic E-state index is 0.704. The smallest absolute Gasteiger partial charge is 0.160 e. The van der Waals surface area contributed by atoms with Crippen molar-refractivity contribution in [3.05, 3.63) is 231 Å². The van der Waals surface area contributed by atoms with Crippen LogP contribution in [0.3, 0.4) is 0 Å². The van der Waals surface area contributed by atoms with E-state index in [2.05, 4.69) is 212 Å². The maximum absolute atomic E-state index is 5.21. The predicted octanol–water partition coefficient (Wildman–Crippen LogP) is 16.2. The van der Waals surface area contributed by atoms with Gasteiger partial charge in [0.2, 0.25) is 0 Å². The molecule has 0 atom stereocenters. The van der Waals surface area contributed by atoms with E-state index in [0.29, 0.717) is 5.82 Å². The SMILES string of the molecule is c1ccc(-c2nc(-c3ccc4cc(-c5ccc(-c6c7ccccc7cc7c6ccc6ccccc67)cc5)ccc4c3)cc(-c3ccccc3-c3ccc4ccccc4c3)n2)cc1. The van der Waals surface area contributed by atoms with E-state index in [0.717, 1.165) is 44.6 Å². The van der Waals surface area contributed by atoms with Crippen LogP contribution in [-0.2, 0) is 0 Å². The van der Waals surface area contributed by atoms with Crippen LogP contribution in [0.1, 0.15) is 0 Å². The molecule has 0 spiro atoms. The van der Waals surface area contributed by atoms with Crippen LogP contribution in [0.25, 0.3) is 121 Å². The van der Waals surface area contributed by atoms with E-state index in [4.69, 9.17) is 9.97 Å². The first-order valence-corrected chi connectivity index (χ1v) is 21.2. The number of hydrogen-bond donors (Lipinski definition) is 0. The van der Waals surface area contributed by atoms with Crippen LogP contribution in [0.5, 0.6) is 0 Å². The first-order chi connectivity index (χ1) is 30.7. The van der Waals surface area contributed by atoms with Gasteiger partial charge in [0.15, 0.2) is 5.82 Å². The van der Waals surface area contributed by atoms with Gasteiger partial charge in [-0.2, -0.15) is 0 Å². The Morgan fingerprint density at radius 2 is 0.758 bits per heavy atom. The van der Waals surface area contributed by atoms with Crippen molar-refractivity contribution in [1.82, 2.24) is 9.97 Å². The predicted molar refractivity (Wildman–Crippen MR) is 262 cm³/mol. The van der Waals surface area contributed by atoms with E-state index in [-0.39, 0.29) is 0 Å². The molecule has 11 aromatic carbocycles. The first-order valence-electron chi connectivity index (χ1n) is 21.2. The highest BCUT2D eigenvalue weighted by atomic mass is 14.9. The Labute approximate surface area is 360 Å². The van der Waals surface area contributed by atoms with Gasteiger partial charge < -0.3 is 0 Å². The maximum atomic E-state index is 5.21. The number of benzene rings is 11. The monoisotopic (exact) mass is 786 g/mol. The minimum absolute atomic E-state index is 0.704. The van der Waals surface area contributed by atoms with Crippen LogP contribution in [0, 0.1) is 0 Å². The molecule has 2 nitrogen and oxygen atoms in total. The van der Waals surface area contributed by atoms with Crippen molar-refractivity contribution in [3.63, 3.8) is 0 Å². The van der Waals surface area contributed by atoms with Crippen molar-refractivity contribution < 1.29 is 0 Å². The average molecular weight is 787 g/mol. The molecule has 288 valence electrons. The number of nitrogens with zero attached hydrogens (tertiary/aromatic N) is 2. The van der Waals surface area contributed by atoms with Gasteiger partial charge in [0.1, 0.15) is 0 Å². The summed E-state index contributed by atoms with van der Waals surface area (Å²) in [6.45, 7) is 0. The molecule has 0 N–H and O–H groups in total. The number of rotatable bonds is 6. The Kier molecular flexibility index (Phi) is 8.53. The molecule has 1 aromatic heterocycles. The lowest BCUT2D eigenvalue weighted by Gasteiger charge is -2.15. The molecular formula is C60H38N2. The fourth-order valence-corrected chi connectivity index (χ4v) is 9.31. The topological polar surface area (TPSA) is 25.8 Å². The largest absolute Gasteiger partial charge is 0.228 e. The van der Waals surface area contributed by atoms with E-state index in [1.54, 1.807) is 0 Å². The van der Waals surface area contributed by atoms with E-state index in [1.807, 2.05) is 18.2 Å². The van der Waals surface area contributed by atoms with Crippen molar-refractivity contribution in [1.29, 1.82) is 0 Å². The third-order valence-electron chi connectivity index (χ3n) is 12.4. The highest BCUT2D eigenvalue weighted by Gasteiger charge is 2.16. The van der Waals surface area contributed by atoms with Crippen molar-refractivity contribution in [3.8, 4) is 67.3 Å². The molecule has 0 amide bonds. The zero-order valence-electron chi connectivity index (χ0n) is 33.8. The number of fused-ring (bicyclic) bond motifs is 6. The Balaban J connectivity index is 0.915. The van der Waals surface area contributed by atoms with Crippen molar-refractivity contribution in [2.75, 3.05) is 0 Å². The molecule has 12 rings (SSSR count). The van der Waals surface area contributed by atoms with Crippen LogP contribution < -0.4 is 0 Å².